The average molecular weight is 448 g/mol. The summed E-state index contributed by atoms with van der Waals surface area (Å²) in [6.07, 6.45) is 3.51. The van der Waals surface area contributed by atoms with Gasteiger partial charge in [-0.3, -0.25) is 14.5 Å². The molecule has 2 heterocycles. The Hall–Kier alpha value is -2.12. The van der Waals surface area contributed by atoms with Gasteiger partial charge >= 0.3 is 5.97 Å². The Morgan fingerprint density at radius 3 is 1.97 bits per heavy atom. The fraction of sp³-hybridized carbons (Fsp3) is 0.609. The van der Waals surface area contributed by atoms with Crippen LogP contribution in [0.3, 0.4) is 0 Å². The predicted octanol–water partition coefficient (Wildman–Crippen LogP) is 2.35. The van der Waals surface area contributed by atoms with Gasteiger partial charge in [0.2, 0.25) is 11.8 Å². The van der Waals surface area contributed by atoms with Crippen LogP contribution in [0, 0.1) is 11.8 Å². The second-order valence-corrected chi connectivity index (χ2v) is 9.09. The SMILES string of the molecule is COC(=O)[C@@H](c1ccccc1Cl)N1CCN(C(=O)C2CCN(C(=O)C3CC3)CC2)CC1. The van der Waals surface area contributed by atoms with Gasteiger partial charge in [0.15, 0.2) is 0 Å². The minimum Gasteiger partial charge on any atom is -0.468 e. The molecule has 3 aliphatic rings. The normalized spacial score (nSPS) is 21.6. The van der Waals surface area contributed by atoms with Crippen molar-refractivity contribution < 1.29 is 19.1 Å². The maximum absolute atomic E-state index is 13.1. The van der Waals surface area contributed by atoms with E-state index in [2.05, 4.69) is 0 Å². The molecule has 1 aromatic carbocycles. The number of esters is 1. The highest BCUT2D eigenvalue weighted by Crippen LogP contribution is 2.33. The zero-order valence-corrected chi connectivity index (χ0v) is 18.7. The summed E-state index contributed by atoms with van der Waals surface area (Å²) in [4.78, 5) is 43.7. The number of halogens is 1. The molecule has 0 spiro atoms. The van der Waals surface area contributed by atoms with Gasteiger partial charge in [0, 0.05) is 56.1 Å². The van der Waals surface area contributed by atoms with Gasteiger partial charge in [-0.2, -0.15) is 0 Å². The Morgan fingerprint density at radius 1 is 0.871 bits per heavy atom. The highest BCUT2D eigenvalue weighted by atomic mass is 35.5. The van der Waals surface area contributed by atoms with Gasteiger partial charge in [0.1, 0.15) is 6.04 Å². The molecule has 0 radical (unpaired) electrons. The lowest BCUT2D eigenvalue weighted by molar-refractivity contribution is -0.149. The Bertz CT molecular complexity index is 828. The molecule has 2 aliphatic heterocycles. The average Bonchev–Trinajstić information content (AvgIpc) is 3.65. The van der Waals surface area contributed by atoms with Gasteiger partial charge in [-0.05, 0) is 37.3 Å². The van der Waals surface area contributed by atoms with E-state index in [1.54, 1.807) is 6.07 Å². The fourth-order valence-corrected chi connectivity index (χ4v) is 4.91. The van der Waals surface area contributed by atoms with Crippen LogP contribution in [-0.2, 0) is 19.1 Å². The van der Waals surface area contributed by atoms with Crippen molar-refractivity contribution in [3.63, 3.8) is 0 Å². The highest BCUT2D eigenvalue weighted by molar-refractivity contribution is 6.31. The first-order valence-electron chi connectivity index (χ1n) is 11.1. The fourth-order valence-electron chi connectivity index (χ4n) is 4.68. The Labute approximate surface area is 188 Å². The van der Waals surface area contributed by atoms with Gasteiger partial charge in [0.05, 0.1) is 7.11 Å². The number of piperidine rings is 1. The number of piperazine rings is 1. The van der Waals surface area contributed by atoms with Crippen LogP contribution in [0.15, 0.2) is 24.3 Å². The van der Waals surface area contributed by atoms with E-state index in [1.165, 1.54) is 7.11 Å². The number of hydrogen-bond acceptors (Lipinski definition) is 5. The Morgan fingerprint density at radius 2 is 1.42 bits per heavy atom. The first-order valence-corrected chi connectivity index (χ1v) is 11.5. The molecule has 0 unspecified atom stereocenters. The highest BCUT2D eigenvalue weighted by Gasteiger charge is 2.38. The van der Waals surface area contributed by atoms with Crippen LogP contribution in [0.4, 0.5) is 0 Å². The van der Waals surface area contributed by atoms with Crippen molar-refractivity contribution in [1.82, 2.24) is 14.7 Å². The van der Waals surface area contributed by atoms with E-state index < -0.39 is 6.04 Å². The number of likely N-dealkylation sites (tertiary alicyclic amines) is 1. The van der Waals surface area contributed by atoms with Crippen molar-refractivity contribution in [3.05, 3.63) is 34.9 Å². The van der Waals surface area contributed by atoms with E-state index in [4.69, 9.17) is 16.3 Å². The van der Waals surface area contributed by atoms with E-state index in [1.807, 2.05) is 32.9 Å². The molecule has 3 fully saturated rings. The number of methoxy groups -OCH3 is 1. The van der Waals surface area contributed by atoms with Crippen molar-refractivity contribution in [2.75, 3.05) is 46.4 Å². The van der Waals surface area contributed by atoms with E-state index in [9.17, 15) is 14.4 Å². The molecule has 1 aliphatic carbocycles. The lowest BCUT2D eigenvalue weighted by Crippen LogP contribution is -2.53. The standard InChI is InChI=1S/C23H30ClN3O4/c1-31-23(30)20(18-4-2-3-5-19(18)24)25-12-14-27(15-13-25)22(29)17-8-10-26(11-9-17)21(28)16-6-7-16/h2-5,16-17,20H,6-15H2,1H3/t20-/m1/s1. The second-order valence-electron chi connectivity index (χ2n) is 8.68. The van der Waals surface area contributed by atoms with Crippen LogP contribution in [0.1, 0.15) is 37.3 Å². The van der Waals surface area contributed by atoms with Gasteiger partial charge in [0.25, 0.3) is 0 Å². The first kappa shape index (κ1) is 22.1. The summed E-state index contributed by atoms with van der Waals surface area (Å²) in [5, 5.41) is 0.531. The van der Waals surface area contributed by atoms with Gasteiger partial charge < -0.3 is 14.5 Å². The Balaban J connectivity index is 1.33. The molecule has 31 heavy (non-hydrogen) atoms. The van der Waals surface area contributed by atoms with Crippen LogP contribution in [0.5, 0.6) is 0 Å². The van der Waals surface area contributed by atoms with E-state index in [-0.39, 0.29) is 29.6 Å². The summed E-state index contributed by atoms with van der Waals surface area (Å²) in [5.74, 6) is 0.315. The zero-order valence-electron chi connectivity index (χ0n) is 18.0. The molecule has 1 aromatic rings. The third kappa shape index (κ3) is 4.88. The number of rotatable bonds is 5. The van der Waals surface area contributed by atoms with Crippen LogP contribution < -0.4 is 0 Å². The minimum atomic E-state index is -0.576. The van der Waals surface area contributed by atoms with E-state index in [0.29, 0.717) is 44.3 Å². The minimum absolute atomic E-state index is 0.0187. The number of benzene rings is 1. The topological polar surface area (TPSA) is 70.2 Å². The summed E-state index contributed by atoms with van der Waals surface area (Å²) in [6.45, 7) is 3.66. The molecule has 1 atom stereocenters. The smallest absolute Gasteiger partial charge is 0.327 e. The van der Waals surface area contributed by atoms with Crippen molar-refractivity contribution >= 4 is 29.4 Å². The Kier molecular flexibility index (Phi) is 6.82. The number of ether oxygens (including phenoxy) is 1. The number of carbonyl (C=O) groups is 3. The van der Waals surface area contributed by atoms with E-state index >= 15 is 0 Å². The summed E-state index contributed by atoms with van der Waals surface area (Å²) in [6, 6.07) is 6.73. The van der Waals surface area contributed by atoms with Crippen molar-refractivity contribution in [2.24, 2.45) is 11.8 Å². The zero-order chi connectivity index (χ0) is 22.0. The lowest BCUT2D eigenvalue weighted by Gasteiger charge is -2.40. The quantitative estimate of drug-likeness (QED) is 0.648. The van der Waals surface area contributed by atoms with Crippen LogP contribution in [0.25, 0.3) is 0 Å². The summed E-state index contributed by atoms with van der Waals surface area (Å²) >= 11 is 6.35. The molecule has 8 heteroatoms. The number of amides is 2. The molecule has 4 rings (SSSR count). The molecule has 0 N–H and O–H groups in total. The molecule has 2 amide bonds. The molecular weight excluding hydrogens is 418 g/mol. The van der Waals surface area contributed by atoms with Crippen LogP contribution in [0.2, 0.25) is 5.02 Å². The molecule has 168 valence electrons. The molecular formula is C23H30ClN3O4. The third-order valence-electron chi connectivity index (χ3n) is 6.70. The van der Waals surface area contributed by atoms with E-state index in [0.717, 1.165) is 31.2 Å². The number of carbonyl (C=O) groups excluding carboxylic acids is 3. The third-order valence-corrected chi connectivity index (χ3v) is 7.04. The van der Waals surface area contributed by atoms with Crippen molar-refractivity contribution in [1.29, 1.82) is 0 Å². The monoisotopic (exact) mass is 447 g/mol. The molecule has 2 saturated heterocycles. The number of nitrogens with zero attached hydrogens (tertiary/aromatic N) is 3. The molecule has 0 aromatic heterocycles. The molecule has 0 bridgehead atoms. The van der Waals surface area contributed by atoms with Crippen molar-refractivity contribution in [3.8, 4) is 0 Å². The maximum atomic E-state index is 13.1. The number of hydrogen-bond donors (Lipinski definition) is 0. The van der Waals surface area contributed by atoms with Gasteiger partial charge in [-0.1, -0.05) is 29.8 Å². The molecule has 7 nitrogen and oxygen atoms in total. The largest absolute Gasteiger partial charge is 0.468 e. The second kappa shape index (κ2) is 9.57. The summed E-state index contributed by atoms with van der Waals surface area (Å²) in [5.41, 5.74) is 0.725. The van der Waals surface area contributed by atoms with Crippen molar-refractivity contribution in [2.45, 2.75) is 31.7 Å². The van der Waals surface area contributed by atoms with Gasteiger partial charge in [-0.25, -0.2) is 4.79 Å². The summed E-state index contributed by atoms with van der Waals surface area (Å²) < 4.78 is 5.04. The predicted molar refractivity (Wildman–Crippen MR) is 116 cm³/mol. The maximum Gasteiger partial charge on any atom is 0.327 e. The van der Waals surface area contributed by atoms with Crippen LogP contribution >= 0.6 is 11.6 Å². The van der Waals surface area contributed by atoms with Gasteiger partial charge in [-0.15, -0.1) is 0 Å². The first-order chi connectivity index (χ1) is 15.0. The molecule has 1 saturated carbocycles. The lowest BCUT2D eigenvalue weighted by atomic mass is 9.94. The van der Waals surface area contributed by atoms with Crippen LogP contribution in [-0.4, -0.2) is 78.9 Å². The summed E-state index contributed by atoms with van der Waals surface area (Å²) in [7, 11) is 1.38.